The van der Waals surface area contributed by atoms with Gasteiger partial charge in [0, 0.05) is 19.3 Å². The van der Waals surface area contributed by atoms with E-state index < -0.39 is 0 Å². The van der Waals surface area contributed by atoms with Crippen LogP contribution in [0.1, 0.15) is 17.5 Å². The molecular formula is C15H21NO3S. The fraction of sp³-hybridized carbons (Fsp3) is 0.467. The van der Waals surface area contributed by atoms with Gasteiger partial charge >= 0.3 is 5.97 Å². The first kappa shape index (κ1) is 16.6. The molecular weight excluding hydrogens is 274 g/mol. The van der Waals surface area contributed by atoms with E-state index >= 15 is 0 Å². The molecule has 0 spiro atoms. The first-order chi connectivity index (χ1) is 9.52. The van der Waals surface area contributed by atoms with E-state index in [-0.39, 0.29) is 18.3 Å². The van der Waals surface area contributed by atoms with E-state index in [1.54, 1.807) is 23.7 Å². The van der Waals surface area contributed by atoms with Crippen LogP contribution in [0.15, 0.2) is 24.3 Å². The van der Waals surface area contributed by atoms with Gasteiger partial charge in [-0.05, 0) is 12.5 Å². The molecule has 0 radical (unpaired) electrons. The number of aryl methyl sites for hydroxylation is 1. The second-order valence-corrected chi connectivity index (χ2v) is 5.61. The predicted octanol–water partition coefficient (Wildman–Crippen LogP) is 2.25. The van der Waals surface area contributed by atoms with Crippen LogP contribution in [0, 0.1) is 6.92 Å². The number of ether oxygens (including phenoxy) is 1. The zero-order valence-electron chi connectivity index (χ0n) is 12.2. The molecule has 0 bridgehead atoms. The number of hydrogen-bond acceptors (Lipinski definition) is 4. The normalized spacial score (nSPS) is 10.2. The summed E-state index contributed by atoms with van der Waals surface area (Å²) < 4.78 is 4.55. The van der Waals surface area contributed by atoms with Crippen LogP contribution in [0.4, 0.5) is 0 Å². The largest absolute Gasteiger partial charge is 0.469 e. The molecule has 1 aromatic rings. The van der Waals surface area contributed by atoms with Crippen molar-refractivity contribution in [2.45, 2.75) is 19.1 Å². The summed E-state index contributed by atoms with van der Waals surface area (Å²) in [6, 6.07) is 8.26. The van der Waals surface area contributed by atoms with Crippen molar-refractivity contribution in [1.82, 2.24) is 4.90 Å². The van der Waals surface area contributed by atoms with Crippen LogP contribution in [-0.4, -0.2) is 43.2 Å². The Kier molecular flexibility index (Phi) is 7.15. The highest BCUT2D eigenvalue weighted by molar-refractivity contribution is 7.99. The molecule has 1 amide bonds. The van der Waals surface area contributed by atoms with Crippen LogP contribution in [0.5, 0.6) is 0 Å². The maximum atomic E-state index is 11.9. The third-order valence-corrected chi connectivity index (χ3v) is 3.87. The average molecular weight is 295 g/mol. The monoisotopic (exact) mass is 295 g/mol. The van der Waals surface area contributed by atoms with Crippen molar-refractivity contribution in [3.05, 3.63) is 35.4 Å². The Morgan fingerprint density at radius 1 is 1.35 bits per heavy atom. The summed E-state index contributed by atoms with van der Waals surface area (Å²) in [6.45, 7) is 2.45. The Morgan fingerprint density at radius 3 is 2.75 bits per heavy atom. The number of carbonyl (C=O) groups is 2. The van der Waals surface area contributed by atoms with E-state index in [4.69, 9.17) is 0 Å². The Morgan fingerprint density at radius 2 is 2.10 bits per heavy atom. The van der Waals surface area contributed by atoms with Gasteiger partial charge in [0.05, 0.1) is 19.3 Å². The van der Waals surface area contributed by atoms with E-state index in [0.717, 1.165) is 5.75 Å². The van der Waals surface area contributed by atoms with Gasteiger partial charge in [-0.1, -0.05) is 29.8 Å². The number of rotatable bonds is 7. The summed E-state index contributed by atoms with van der Waals surface area (Å²) in [6.07, 6.45) is 0.237. The molecule has 0 saturated carbocycles. The zero-order valence-corrected chi connectivity index (χ0v) is 13.0. The van der Waals surface area contributed by atoms with Gasteiger partial charge in [0.25, 0.3) is 0 Å². The molecule has 4 nitrogen and oxygen atoms in total. The van der Waals surface area contributed by atoms with Gasteiger partial charge in [0.15, 0.2) is 0 Å². The molecule has 110 valence electrons. The third kappa shape index (κ3) is 6.10. The average Bonchev–Trinajstić information content (AvgIpc) is 2.44. The minimum Gasteiger partial charge on any atom is -0.469 e. The SMILES string of the molecule is COC(=O)CCN(C)C(=O)CSCc1cccc(C)c1. The van der Waals surface area contributed by atoms with Crippen LogP contribution in [0.25, 0.3) is 0 Å². The quantitative estimate of drug-likeness (QED) is 0.724. The summed E-state index contributed by atoms with van der Waals surface area (Å²) in [5, 5.41) is 0. The Balaban J connectivity index is 2.27. The van der Waals surface area contributed by atoms with Gasteiger partial charge in [-0.2, -0.15) is 0 Å². The summed E-state index contributed by atoms with van der Waals surface area (Å²) in [5.74, 6) is 0.979. The molecule has 0 aliphatic carbocycles. The summed E-state index contributed by atoms with van der Waals surface area (Å²) in [5.41, 5.74) is 2.45. The number of carbonyl (C=O) groups excluding carboxylic acids is 2. The van der Waals surface area contributed by atoms with Crippen molar-refractivity contribution in [2.24, 2.45) is 0 Å². The van der Waals surface area contributed by atoms with E-state index in [9.17, 15) is 9.59 Å². The smallest absolute Gasteiger partial charge is 0.307 e. The number of methoxy groups -OCH3 is 1. The fourth-order valence-corrected chi connectivity index (χ4v) is 2.57. The second kappa shape index (κ2) is 8.64. The molecule has 0 N–H and O–H groups in total. The van der Waals surface area contributed by atoms with Crippen molar-refractivity contribution in [3.8, 4) is 0 Å². The molecule has 1 rings (SSSR count). The molecule has 0 aromatic heterocycles. The number of thioether (sulfide) groups is 1. The van der Waals surface area contributed by atoms with E-state index in [1.165, 1.54) is 18.2 Å². The molecule has 1 aromatic carbocycles. The maximum Gasteiger partial charge on any atom is 0.307 e. The summed E-state index contributed by atoms with van der Waals surface area (Å²) >= 11 is 1.58. The summed E-state index contributed by atoms with van der Waals surface area (Å²) in [7, 11) is 3.06. The number of benzene rings is 1. The lowest BCUT2D eigenvalue weighted by molar-refractivity contribution is -0.141. The lowest BCUT2D eigenvalue weighted by Gasteiger charge is -2.16. The van der Waals surface area contributed by atoms with Crippen LogP contribution in [-0.2, 0) is 20.1 Å². The molecule has 0 fully saturated rings. The highest BCUT2D eigenvalue weighted by Crippen LogP contribution is 2.14. The molecule has 0 heterocycles. The highest BCUT2D eigenvalue weighted by Gasteiger charge is 2.10. The van der Waals surface area contributed by atoms with Crippen LogP contribution >= 0.6 is 11.8 Å². The molecule has 5 heteroatoms. The molecule has 0 aliphatic rings. The fourth-order valence-electron chi connectivity index (χ4n) is 1.65. The van der Waals surface area contributed by atoms with Crippen LogP contribution in [0.3, 0.4) is 0 Å². The van der Waals surface area contributed by atoms with Gasteiger partial charge in [-0.25, -0.2) is 0 Å². The number of esters is 1. The Labute approximate surface area is 124 Å². The first-order valence-electron chi connectivity index (χ1n) is 6.47. The van der Waals surface area contributed by atoms with Gasteiger partial charge in [-0.3, -0.25) is 9.59 Å². The highest BCUT2D eigenvalue weighted by atomic mass is 32.2. The Hall–Kier alpha value is -1.49. The number of nitrogens with zero attached hydrogens (tertiary/aromatic N) is 1. The molecule has 0 unspecified atom stereocenters. The minimum atomic E-state index is -0.294. The van der Waals surface area contributed by atoms with Crippen LogP contribution in [0.2, 0.25) is 0 Å². The van der Waals surface area contributed by atoms with E-state index in [2.05, 4.69) is 29.9 Å². The van der Waals surface area contributed by atoms with Crippen molar-refractivity contribution >= 4 is 23.6 Å². The molecule has 0 aliphatic heterocycles. The standard InChI is InChI=1S/C15H21NO3S/c1-12-5-4-6-13(9-12)10-20-11-14(17)16(2)8-7-15(18)19-3/h4-6,9H,7-8,10-11H2,1-3H3. The van der Waals surface area contributed by atoms with Gasteiger partial charge in [0.2, 0.25) is 5.91 Å². The van der Waals surface area contributed by atoms with Gasteiger partial charge in [-0.15, -0.1) is 11.8 Å². The third-order valence-electron chi connectivity index (χ3n) is 2.88. The van der Waals surface area contributed by atoms with Crippen LogP contribution < -0.4 is 0 Å². The number of hydrogen-bond donors (Lipinski definition) is 0. The Bertz CT molecular complexity index is 462. The summed E-state index contributed by atoms with van der Waals surface area (Å²) in [4.78, 5) is 24.4. The number of amides is 1. The predicted molar refractivity (Wildman–Crippen MR) is 81.6 cm³/mol. The van der Waals surface area contributed by atoms with Crippen molar-refractivity contribution in [3.63, 3.8) is 0 Å². The van der Waals surface area contributed by atoms with Crippen molar-refractivity contribution in [1.29, 1.82) is 0 Å². The molecule has 0 saturated heterocycles. The van der Waals surface area contributed by atoms with Gasteiger partial charge in [0.1, 0.15) is 0 Å². The lowest BCUT2D eigenvalue weighted by Crippen LogP contribution is -2.30. The lowest BCUT2D eigenvalue weighted by atomic mass is 10.2. The topological polar surface area (TPSA) is 46.6 Å². The van der Waals surface area contributed by atoms with E-state index in [0.29, 0.717) is 12.3 Å². The first-order valence-corrected chi connectivity index (χ1v) is 7.62. The van der Waals surface area contributed by atoms with Crippen molar-refractivity contribution in [2.75, 3.05) is 26.5 Å². The van der Waals surface area contributed by atoms with Crippen molar-refractivity contribution < 1.29 is 14.3 Å². The van der Waals surface area contributed by atoms with E-state index in [1.807, 2.05) is 6.07 Å². The maximum absolute atomic E-state index is 11.9. The molecule has 20 heavy (non-hydrogen) atoms. The molecule has 0 atom stereocenters. The second-order valence-electron chi connectivity index (χ2n) is 4.62. The van der Waals surface area contributed by atoms with Gasteiger partial charge < -0.3 is 9.64 Å². The minimum absolute atomic E-state index is 0.0338. The zero-order chi connectivity index (χ0) is 15.0.